The minimum absolute atomic E-state index is 0.0419. The molecule has 0 fully saturated rings. The largest absolute Gasteiger partial charge is 0.424 e. The Kier molecular flexibility index (Phi) is 6.97. The molecular weight excluding hydrogens is 369 g/mol. The van der Waals surface area contributed by atoms with Crippen molar-refractivity contribution in [2.75, 3.05) is 16.8 Å². The van der Waals surface area contributed by atoms with Crippen molar-refractivity contribution in [3.8, 4) is 5.75 Å². The molecule has 24 heavy (non-hydrogen) atoms. The number of halogens is 2. The van der Waals surface area contributed by atoms with E-state index >= 15 is 0 Å². The highest BCUT2D eigenvalue weighted by Crippen LogP contribution is 2.27. The van der Waals surface area contributed by atoms with E-state index in [1.54, 1.807) is 6.07 Å². The Bertz CT molecular complexity index is 752. The van der Waals surface area contributed by atoms with Crippen LogP contribution in [0.15, 0.2) is 42.5 Å². The summed E-state index contributed by atoms with van der Waals surface area (Å²) >= 11 is 12.9. The van der Waals surface area contributed by atoms with Gasteiger partial charge in [0.2, 0.25) is 5.91 Å². The molecule has 0 heterocycles. The molecule has 7 heteroatoms. The van der Waals surface area contributed by atoms with Crippen molar-refractivity contribution in [2.45, 2.75) is 6.92 Å². The van der Waals surface area contributed by atoms with E-state index in [0.717, 1.165) is 11.3 Å². The van der Waals surface area contributed by atoms with Gasteiger partial charge in [-0.25, -0.2) is 0 Å². The van der Waals surface area contributed by atoms with Crippen LogP contribution in [0.5, 0.6) is 5.75 Å². The van der Waals surface area contributed by atoms with Crippen LogP contribution in [0.4, 0.5) is 5.69 Å². The van der Waals surface area contributed by atoms with Gasteiger partial charge in [-0.2, -0.15) is 0 Å². The Morgan fingerprint density at radius 1 is 1.12 bits per heavy atom. The molecule has 2 rings (SSSR count). The number of aryl methyl sites for hydroxylation is 1. The lowest BCUT2D eigenvalue weighted by Gasteiger charge is -2.07. The number of carbonyl (C=O) groups excluding carboxylic acids is 2. The number of hydrogen-bond donors (Lipinski definition) is 1. The molecule has 0 radical (unpaired) electrons. The highest BCUT2D eigenvalue weighted by molar-refractivity contribution is 8.00. The molecule has 0 aliphatic carbocycles. The zero-order valence-corrected chi connectivity index (χ0v) is 15.2. The van der Waals surface area contributed by atoms with Gasteiger partial charge in [0.25, 0.3) is 0 Å². The van der Waals surface area contributed by atoms with Crippen molar-refractivity contribution in [1.29, 1.82) is 0 Å². The van der Waals surface area contributed by atoms with E-state index in [1.165, 1.54) is 23.9 Å². The molecular formula is C17H15Cl2NO3S. The van der Waals surface area contributed by atoms with E-state index in [9.17, 15) is 9.59 Å². The normalized spacial score (nSPS) is 10.3. The number of nitrogens with one attached hydrogen (secondary N) is 1. The summed E-state index contributed by atoms with van der Waals surface area (Å²) in [5.74, 6) is -0.219. The van der Waals surface area contributed by atoms with E-state index in [2.05, 4.69) is 5.32 Å². The minimum Gasteiger partial charge on any atom is -0.424 e. The predicted octanol–water partition coefficient (Wildman–Crippen LogP) is 4.58. The highest BCUT2D eigenvalue weighted by atomic mass is 35.5. The molecule has 0 aromatic heterocycles. The van der Waals surface area contributed by atoms with Crippen molar-refractivity contribution in [3.63, 3.8) is 0 Å². The first kappa shape index (κ1) is 18.6. The van der Waals surface area contributed by atoms with Crippen molar-refractivity contribution < 1.29 is 14.3 Å². The maximum Gasteiger partial charge on any atom is 0.321 e. The van der Waals surface area contributed by atoms with Gasteiger partial charge in [-0.15, -0.1) is 11.8 Å². The third kappa shape index (κ3) is 6.07. The third-order valence-electron chi connectivity index (χ3n) is 2.87. The van der Waals surface area contributed by atoms with Gasteiger partial charge in [0.15, 0.2) is 0 Å². The monoisotopic (exact) mass is 383 g/mol. The van der Waals surface area contributed by atoms with Gasteiger partial charge >= 0.3 is 5.97 Å². The second-order valence-corrected chi connectivity index (χ2v) is 6.79. The molecule has 0 unspecified atom stereocenters. The quantitative estimate of drug-likeness (QED) is 0.585. The fourth-order valence-corrected chi connectivity index (χ4v) is 2.89. The molecule has 4 nitrogen and oxygen atoms in total. The molecule has 0 saturated heterocycles. The van der Waals surface area contributed by atoms with Crippen LogP contribution in [0.3, 0.4) is 0 Å². The summed E-state index contributed by atoms with van der Waals surface area (Å²) in [7, 11) is 0. The SMILES string of the molecule is Cc1cccc(NC(=O)CSCC(=O)Oc2ccc(Cl)cc2Cl)c1. The maximum atomic E-state index is 11.8. The Hall–Kier alpha value is -1.69. The summed E-state index contributed by atoms with van der Waals surface area (Å²) in [5, 5.41) is 3.50. The number of carbonyl (C=O) groups is 2. The molecule has 2 aromatic rings. The van der Waals surface area contributed by atoms with Gasteiger partial charge in [0.05, 0.1) is 16.5 Å². The van der Waals surface area contributed by atoms with Gasteiger partial charge in [-0.05, 0) is 42.8 Å². The van der Waals surface area contributed by atoms with E-state index in [-0.39, 0.29) is 28.2 Å². The lowest BCUT2D eigenvalue weighted by Crippen LogP contribution is -2.17. The topological polar surface area (TPSA) is 55.4 Å². The number of anilines is 1. The number of amides is 1. The molecule has 0 spiro atoms. The first-order valence-corrected chi connectivity index (χ1v) is 8.95. The number of esters is 1. The van der Waals surface area contributed by atoms with Crippen LogP contribution in [-0.4, -0.2) is 23.4 Å². The summed E-state index contributed by atoms with van der Waals surface area (Å²) in [6.07, 6.45) is 0. The number of rotatable bonds is 6. The second-order valence-electron chi connectivity index (χ2n) is 4.96. The van der Waals surface area contributed by atoms with Crippen molar-refractivity contribution in [1.82, 2.24) is 0 Å². The Morgan fingerprint density at radius 2 is 1.92 bits per heavy atom. The standard InChI is InChI=1S/C17H15Cl2NO3S/c1-11-3-2-4-13(7-11)20-16(21)9-24-10-17(22)23-15-6-5-12(18)8-14(15)19/h2-8H,9-10H2,1H3,(H,20,21). The van der Waals surface area contributed by atoms with Crippen LogP contribution in [0.2, 0.25) is 10.0 Å². The van der Waals surface area contributed by atoms with Gasteiger partial charge in [-0.1, -0.05) is 35.3 Å². The van der Waals surface area contributed by atoms with Crippen molar-refractivity contribution in [3.05, 3.63) is 58.1 Å². The van der Waals surface area contributed by atoms with Crippen LogP contribution < -0.4 is 10.1 Å². The van der Waals surface area contributed by atoms with Crippen LogP contribution in [0.1, 0.15) is 5.56 Å². The van der Waals surface area contributed by atoms with E-state index in [4.69, 9.17) is 27.9 Å². The summed E-state index contributed by atoms with van der Waals surface area (Å²) in [5.41, 5.74) is 1.79. The zero-order chi connectivity index (χ0) is 17.5. The molecule has 126 valence electrons. The molecule has 0 aliphatic rings. The first-order valence-electron chi connectivity index (χ1n) is 7.04. The van der Waals surface area contributed by atoms with Gasteiger partial charge in [0.1, 0.15) is 5.75 Å². The second kappa shape index (κ2) is 8.97. The van der Waals surface area contributed by atoms with Crippen molar-refractivity contribution >= 4 is 52.5 Å². The van der Waals surface area contributed by atoms with E-state index in [0.29, 0.717) is 5.02 Å². The fraction of sp³-hybridized carbons (Fsp3) is 0.176. The number of hydrogen-bond acceptors (Lipinski definition) is 4. The van der Waals surface area contributed by atoms with Gasteiger partial charge in [0, 0.05) is 10.7 Å². The van der Waals surface area contributed by atoms with Crippen LogP contribution in [-0.2, 0) is 9.59 Å². The summed E-state index contributed by atoms with van der Waals surface area (Å²) in [6.45, 7) is 1.95. The van der Waals surface area contributed by atoms with E-state index in [1.807, 2.05) is 31.2 Å². The Balaban J connectivity index is 1.75. The van der Waals surface area contributed by atoms with Crippen LogP contribution in [0, 0.1) is 6.92 Å². The summed E-state index contributed by atoms with van der Waals surface area (Å²) < 4.78 is 5.13. The highest BCUT2D eigenvalue weighted by Gasteiger charge is 2.10. The lowest BCUT2D eigenvalue weighted by atomic mass is 10.2. The van der Waals surface area contributed by atoms with Crippen LogP contribution >= 0.6 is 35.0 Å². The van der Waals surface area contributed by atoms with Gasteiger partial charge < -0.3 is 10.1 Å². The molecule has 0 saturated carbocycles. The van der Waals surface area contributed by atoms with Gasteiger partial charge in [-0.3, -0.25) is 9.59 Å². The Morgan fingerprint density at radius 3 is 2.62 bits per heavy atom. The summed E-state index contributed by atoms with van der Waals surface area (Å²) in [4.78, 5) is 23.6. The molecule has 2 aromatic carbocycles. The first-order chi connectivity index (χ1) is 11.4. The molecule has 0 aliphatic heterocycles. The summed E-state index contributed by atoms with van der Waals surface area (Å²) in [6, 6.07) is 12.1. The van der Waals surface area contributed by atoms with E-state index < -0.39 is 5.97 Å². The number of thioether (sulfide) groups is 1. The minimum atomic E-state index is -0.479. The average molecular weight is 384 g/mol. The zero-order valence-electron chi connectivity index (χ0n) is 12.8. The molecule has 0 atom stereocenters. The lowest BCUT2D eigenvalue weighted by molar-refractivity contribution is -0.131. The van der Waals surface area contributed by atoms with Crippen LogP contribution in [0.25, 0.3) is 0 Å². The third-order valence-corrected chi connectivity index (χ3v) is 4.31. The van der Waals surface area contributed by atoms with Crippen molar-refractivity contribution in [2.24, 2.45) is 0 Å². The average Bonchev–Trinajstić information content (AvgIpc) is 2.50. The smallest absolute Gasteiger partial charge is 0.321 e. The molecule has 1 N–H and O–H groups in total. The Labute approximate surface area is 154 Å². The molecule has 1 amide bonds. The number of ether oxygens (including phenoxy) is 1. The number of benzene rings is 2. The fourth-order valence-electron chi connectivity index (χ4n) is 1.86. The molecule has 0 bridgehead atoms. The maximum absolute atomic E-state index is 11.8. The predicted molar refractivity (Wildman–Crippen MR) is 99.2 cm³/mol.